The highest BCUT2D eigenvalue weighted by Gasteiger charge is 2.06. The van der Waals surface area contributed by atoms with Crippen molar-refractivity contribution in [2.24, 2.45) is 5.73 Å². The predicted octanol–water partition coefficient (Wildman–Crippen LogP) is 2.65. The number of halogens is 3. The van der Waals surface area contributed by atoms with Gasteiger partial charge in [0.25, 0.3) is 5.91 Å². The Morgan fingerprint density at radius 2 is 2.16 bits per heavy atom. The van der Waals surface area contributed by atoms with Gasteiger partial charge in [0, 0.05) is 17.6 Å². The van der Waals surface area contributed by atoms with Crippen LogP contribution in [-0.2, 0) is 4.79 Å². The average Bonchev–Trinajstić information content (AvgIpc) is 2.27. The molecule has 0 heterocycles. The molecule has 1 atom stereocenters. The maximum absolute atomic E-state index is 11.4. The van der Waals surface area contributed by atoms with Gasteiger partial charge in [-0.3, -0.25) is 4.79 Å². The van der Waals surface area contributed by atoms with E-state index in [-0.39, 0.29) is 31.0 Å². The molecule has 0 saturated heterocycles. The molecule has 1 aromatic carbocycles. The van der Waals surface area contributed by atoms with E-state index in [1.165, 1.54) is 0 Å². The van der Waals surface area contributed by atoms with E-state index < -0.39 is 0 Å². The van der Waals surface area contributed by atoms with E-state index in [9.17, 15) is 4.79 Å². The molecule has 1 rings (SSSR count). The fraction of sp³-hybridized carbons (Fsp3) is 0.417. The summed E-state index contributed by atoms with van der Waals surface area (Å²) in [4.78, 5) is 11.4. The highest BCUT2D eigenvalue weighted by molar-refractivity contribution is 6.35. The summed E-state index contributed by atoms with van der Waals surface area (Å²) in [6.07, 6.45) is 0.730. The zero-order chi connectivity index (χ0) is 13.5. The number of rotatable bonds is 6. The molecule has 0 aliphatic heterocycles. The molecule has 0 aromatic heterocycles. The summed E-state index contributed by atoms with van der Waals surface area (Å²) in [5.41, 5.74) is 5.57. The number of carbonyl (C=O) groups excluding carboxylic acids is 1. The summed E-state index contributed by atoms with van der Waals surface area (Å²) in [6, 6.07) is 4.90. The van der Waals surface area contributed by atoms with Crippen LogP contribution in [0.2, 0.25) is 10.0 Å². The molecule has 1 unspecified atom stereocenters. The standard InChI is InChI=1S/C12H16Cl2N2O2.ClH/c1-8(15)4-5-16-12(17)7-18-11-3-2-9(13)6-10(11)14;/h2-3,6,8H,4-5,7,15H2,1H3,(H,16,17);1H. The third kappa shape index (κ3) is 7.47. The van der Waals surface area contributed by atoms with Crippen molar-refractivity contribution in [2.75, 3.05) is 13.2 Å². The Hall–Kier alpha value is -0.680. The van der Waals surface area contributed by atoms with Crippen LogP contribution in [0.1, 0.15) is 13.3 Å². The van der Waals surface area contributed by atoms with E-state index in [1.54, 1.807) is 18.2 Å². The van der Waals surface area contributed by atoms with E-state index in [0.717, 1.165) is 6.42 Å². The molecule has 0 saturated carbocycles. The lowest BCUT2D eigenvalue weighted by Crippen LogP contribution is -2.32. The molecule has 4 nitrogen and oxygen atoms in total. The third-order valence-corrected chi connectivity index (χ3v) is 2.71. The predicted molar refractivity (Wildman–Crippen MR) is 80.5 cm³/mol. The van der Waals surface area contributed by atoms with E-state index in [0.29, 0.717) is 22.3 Å². The topological polar surface area (TPSA) is 64.3 Å². The first-order chi connectivity index (χ1) is 8.49. The highest BCUT2D eigenvalue weighted by atomic mass is 35.5. The number of hydrogen-bond donors (Lipinski definition) is 2. The third-order valence-electron chi connectivity index (χ3n) is 2.17. The Labute approximate surface area is 129 Å². The van der Waals surface area contributed by atoms with E-state index in [1.807, 2.05) is 6.92 Å². The van der Waals surface area contributed by atoms with Crippen molar-refractivity contribution in [3.8, 4) is 5.75 Å². The van der Waals surface area contributed by atoms with Crippen molar-refractivity contribution in [1.29, 1.82) is 0 Å². The molecule has 1 aromatic rings. The maximum atomic E-state index is 11.4. The first-order valence-electron chi connectivity index (χ1n) is 5.59. The fourth-order valence-electron chi connectivity index (χ4n) is 1.23. The van der Waals surface area contributed by atoms with Gasteiger partial charge < -0.3 is 15.8 Å². The number of nitrogens with two attached hydrogens (primary N) is 1. The molecule has 0 aliphatic carbocycles. The lowest BCUT2D eigenvalue weighted by Gasteiger charge is -2.09. The van der Waals surface area contributed by atoms with Crippen LogP contribution in [0.5, 0.6) is 5.75 Å². The van der Waals surface area contributed by atoms with Crippen molar-refractivity contribution in [3.05, 3.63) is 28.2 Å². The van der Waals surface area contributed by atoms with Crippen molar-refractivity contribution < 1.29 is 9.53 Å². The summed E-state index contributed by atoms with van der Waals surface area (Å²) in [6.45, 7) is 2.34. The summed E-state index contributed by atoms with van der Waals surface area (Å²) < 4.78 is 5.28. The Kier molecular flexibility index (Phi) is 8.93. The minimum atomic E-state index is -0.207. The van der Waals surface area contributed by atoms with E-state index >= 15 is 0 Å². The van der Waals surface area contributed by atoms with Crippen LogP contribution in [-0.4, -0.2) is 25.1 Å². The summed E-state index contributed by atoms with van der Waals surface area (Å²) >= 11 is 11.6. The molecule has 7 heteroatoms. The molecular weight excluding hydrogens is 311 g/mol. The van der Waals surface area contributed by atoms with Crippen LogP contribution in [0.4, 0.5) is 0 Å². The van der Waals surface area contributed by atoms with Gasteiger partial charge in [-0.1, -0.05) is 23.2 Å². The van der Waals surface area contributed by atoms with Gasteiger partial charge in [-0.2, -0.15) is 0 Å². The molecule has 19 heavy (non-hydrogen) atoms. The van der Waals surface area contributed by atoms with Gasteiger partial charge in [-0.15, -0.1) is 12.4 Å². The molecule has 108 valence electrons. The van der Waals surface area contributed by atoms with Gasteiger partial charge in [0.05, 0.1) is 5.02 Å². The van der Waals surface area contributed by atoms with E-state index in [2.05, 4.69) is 5.32 Å². The van der Waals surface area contributed by atoms with Crippen molar-refractivity contribution in [3.63, 3.8) is 0 Å². The van der Waals surface area contributed by atoms with Crippen LogP contribution >= 0.6 is 35.6 Å². The van der Waals surface area contributed by atoms with Gasteiger partial charge in [-0.05, 0) is 31.5 Å². The largest absolute Gasteiger partial charge is 0.482 e. The second-order valence-corrected chi connectivity index (χ2v) is 4.82. The summed E-state index contributed by atoms with van der Waals surface area (Å²) in [5.74, 6) is 0.227. The van der Waals surface area contributed by atoms with Crippen LogP contribution < -0.4 is 15.8 Å². The van der Waals surface area contributed by atoms with Crippen molar-refractivity contribution in [1.82, 2.24) is 5.32 Å². The Balaban J connectivity index is 0.00000324. The number of carbonyl (C=O) groups is 1. The molecule has 0 bridgehead atoms. The molecule has 0 aliphatic rings. The van der Waals surface area contributed by atoms with Crippen LogP contribution in [0.3, 0.4) is 0 Å². The minimum absolute atomic E-state index is 0. The normalized spacial score (nSPS) is 11.4. The number of benzene rings is 1. The molecule has 0 spiro atoms. The summed E-state index contributed by atoms with van der Waals surface area (Å²) in [5, 5.41) is 3.60. The smallest absolute Gasteiger partial charge is 0.257 e. The molecule has 0 radical (unpaired) electrons. The van der Waals surface area contributed by atoms with Crippen LogP contribution in [0.15, 0.2) is 18.2 Å². The summed E-state index contributed by atoms with van der Waals surface area (Å²) in [7, 11) is 0. The number of amides is 1. The van der Waals surface area contributed by atoms with Crippen molar-refractivity contribution >= 4 is 41.5 Å². The Morgan fingerprint density at radius 1 is 1.47 bits per heavy atom. The Morgan fingerprint density at radius 3 is 2.74 bits per heavy atom. The Bertz CT molecular complexity index is 414. The minimum Gasteiger partial charge on any atom is -0.482 e. The number of hydrogen-bond acceptors (Lipinski definition) is 3. The fourth-order valence-corrected chi connectivity index (χ4v) is 1.69. The van der Waals surface area contributed by atoms with Crippen LogP contribution in [0.25, 0.3) is 0 Å². The quantitative estimate of drug-likeness (QED) is 0.844. The zero-order valence-electron chi connectivity index (χ0n) is 10.5. The number of nitrogens with one attached hydrogen (secondary N) is 1. The number of ether oxygens (including phenoxy) is 1. The lowest BCUT2D eigenvalue weighted by molar-refractivity contribution is -0.123. The second-order valence-electron chi connectivity index (χ2n) is 3.98. The van der Waals surface area contributed by atoms with Gasteiger partial charge in [0.2, 0.25) is 0 Å². The SMILES string of the molecule is CC(N)CCNC(=O)COc1ccc(Cl)cc1Cl.Cl. The molecule has 3 N–H and O–H groups in total. The highest BCUT2D eigenvalue weighted by Crippen LogP contribution is 2.27. The van der Waals surface area contributed by atoms with Gasteiger partial charge in [-0.25, -0.2) is 0 Å². The van der Waals surface area contributed by atoms with Crippen LogP contribution in [0, 0.1) is 0 Å². The molecule has 0 fully saturated rings. The van der Waals surface area contributed by atoms with Crippen molar-refractivity contribution in [2.45, 2.75) is 19.4 Å². The first kappa shape index (κ1) is 18.3. The second kappa shape index (κ2) is 9.26. The molecular formula is C12H17Cl3N2O2. The van der Waals surface area contributed by atoms with Gasteiger partial charge in [0.15, 0.2) is 6.61 Å². The molecule has 1 amide bonds. The first-order valence-corrected chi connectivity index (χ1v) is 6.34. The maximum Gasteiger partial charge on any atom is 0.257 e. The average molecular weight is 328 g/mol. The lowest BCUT2D eigenvalue weighted by atomic mass is 10.2. The monoisotopic (exact) mass is 326 g/mol. The van der Waals surface area contributed by atoms with Gasteiger partial charge >= 0.3 is 0 Å². The zero-order valence-corrected chi connectivity index (χ0v) is 12.8. The van der Waals surface area contributed by atoms with Gasteiger partial charge in [0.1, 0.15) is 5.75 Å². The van der Waals surface area contributed by atoms with E-state index in [4.69, 9.17) is 33.7 Å².